The van der Waals surface area contributed by atoms with Crippen molar-refractivity contribution in [1.29, 1.82) is 0 Å². The molecular formula is C10H11N3OS. The number of rotatable bonds is 3. The molecule has 0 atom stereocenters. The molecular weight excluding hydrogens is 210 g/mol. The Morgan fingerprint density at radius 3 is 3.07 bits per heavy atom. The minimum atomic E-state index is 0.443. The van der Waals surface area contributed by atoms with Crippen molar-refractivity contribution in [3.8, 4) is 0 Å². The molecule has 2 N–H and O–H groups in total. The van der Waals surface area contributed by atoms with Gasteiger partial charge in [0.2, 0.25) is 0 Å². The average Bonchev–Trinajstić information content (AvgIpc) is 2.64. The van der Waals surface area contributed by atoms with Crippen molar-refractivity contribution in [2.75, 3.05) is 0 Å². The Hall–Kier alpha value is -1.33. The van der Waals surface area contributed by atoms with E-state index in [4.69, 9.17) is 10.2 Å². The van der Waals surface area contributed by atoms with Crippen LogP contribution in [0, 0.1) is 6.92 Å². The molecule has 0 saturated heterocycles. The Kier molecular flexibility index (Phi) is 3.03. The molecule has 2 rings (SSSR count). The minimum absolute atomic E-state index is 0.443. The van der Waals surface area contributed by atoms with Crippen molar-refractivity contribution in [2.24, 2.45) is 5.73 Å². The van der Waals surface area contributed by atoms with Crippen molar-refractivity contribution in [1.82, 2.24) is 9.97 Å². The van der Waals surface area contributed by atoms with Crippen molar-refractivity contribution in [3.05, 3.63) is 36.0 Å². The summed E-state index contributed by atoms with van der Waals surface area (Å²) in [4.78, 5) is 9.36. The fourth-order valence-electron chi connectivity index (χ4n) is 1.11. The summed E-state index contributed by atoms with van der Waals surface area (Å²) in [6.45, 7) is 2.34. The minimum Gasteiger partial charge on any atom is -0.439 e. The second kappa shape index (κ2) is 4.46. The fourth-order valence-corrected chi connectivity index (χ4v) is 1.92. The smallest absolute Gasteiger partial charge is 0.260 e. The number of aromatic nitrogens is 2. The molecule has 0 aliphatic heterocycles. The van der Waals surface area contributed by atoms with Crippen LogP contribution >= 0.6 is 11.8 Å². The summed E-state index contributed by atoms with van der Waals surface area (Å²) in [6.07, 6.45) is 3.37. The molecule has 4 nitrogen and oxygen atoms in total. The molecule has 0 aliphatic rings. The number of hydrogen-bond acceptors (Lipinski definition) is 5. The van der Waals surface area contributed by atoms with E-state index in [0.717, 1.165) is 16.3 Å². The Labute approximate surface area is 91.9 Å². The summed E-state index contributed by atoms with van der Waals surface area (Å²) in [6, 6.07) is 3.84. The Morgan fingerprint density at radius 1 is 1.53 bits per heavy atom. The standard InChI is InChI=1S/C10H11N3OS/c1-7-6-14-10(13-7)15-9-2-3-12-8(4-9)5-11/h2-4,6H,5,11H2,1H3. The summed E-state index contributed by atoms with van der Waals surface area (Å²) in [7, 11) is 0. The first kappa shape index (κ1) is 10.2. The third-order valence-electron chi connectivity index (χ3n) is 1.80. The highest BCUT2D eigenvalue weighted by molar-refractivity contribution is 7.99. The molecule has 0 saturated carbocycles. The van der Waals surface area contributed by atoms with Crippen LogP contribution in [0.2, 0.25) is 0 Å². The second-order valence-corrected chi connectivity index (χ2v) is 4.07. The normalized spacial score (nSPS) is 10.5. The third-order valence-corrected chi connectivity index (χ3v) is 2.65. The maximum atomic E-state index is 5.51. The quantitative estimate of drug-likeness (QED) is 0.858. The number of aryl methyl sites for hydroxylation is 1. The van der Waals surface area contributed by atoms with Crippen LogP contribution < -0.4 is 5.73 Å². The first-order valence-corrected chi connectivity index (χ1v) is 5.34. The number of pyridine rings is 1. The van der Waals surface area contributed by atoms with E-state index in [1.165, 1.54) is 11.8 Å². The predicted octanol–water partition coefficient (Wildman–Crippen LogP) is 1.99. The average molecular weight is 221 g/mol. The molecule has 2 aromatic heterocycles. The van der Waals surface area contributed by atoms with Gasteiger partial charge in [-0.2, -0.15) is 0 Å². The maximum Gasteiger partial charge on any atom is 0.260 e. The molecule has 78 valence electrons. The zero-order chi connectivity index (χ0) is 10.7. The van der Waals surface area contributed by atoms with Crippen LogP contribution in [0.5, 0.6) is 0 Å². The van der Waals surface area contributed by atoms with Gasteiger partial charge in [0.05, 0.1) is 11.4 Å². The first-order chi connectivity index (χ1) is 7.28. The van der Waals surface area contributed by atoms with Crippen LogP contribution in [0.3, 0.4) is 0 Å². The highest BCUT2D eigenvalue weighted by Gasteiger charge is 2.04. The Balaban J connectivity index is 2.16. The van der Waals surface area contributed by atoms with Gasteiger partial charge in [-0.25, -0.2) is 4.98 Å². The molecule has 0 spiro atoms. The van der Waals surface area contributed by atoms with Crippen LogP contribution in [-0.2, 0) is 6.54 Å². The van der Waals surface area contributed by atoms with Gasteiger partial charge in [-0.05, 0) is 30.8 Å². The van der Waals surface area contributed by atoms with E-state index in [1.54, 1.807) is 12.5 Å². The molecule has 2 aromatic rings. The van der Waals surface area contributed by atoms with Crippen molar-refractivity contribution in [2.45, 2.75) is 23.6 Å². The summed E-state index contributed by atoms with van der Waals surface area (Å²) >= 11 is 1.46. The maximum absolute atomic E-state index is 5.51. The topological polar surface area (TPSA) is 64.9 Å². The molecule has 5 heteroatoms. The van der Waals surface area contributed by atoms with E-state index >= 15 is 0 Å². The summed E-state index contributed by atoms with van der Waals surface area (Å²) in [5, 5.41) is 0.640. The first-order valence-electron chi connectivity index (χ1n) is 4.53. The SMILES string of the molecule is Cc1coc(Sc2ccnc(CN)c2)n1. The molecule has 0 unspecified atom stereocenters. The predicted molar refractivity (Wildman–Crippen MR) is 57.5 cm³/mol. The Bertz CT molecular complexity index is 455. The zero-order valence-corrected chi connectivity index (χ0v) is 9.12. The molecule has 2 heterocycles. The molecule has 0 aliphatic carbocycles. The lowest BCUT2D eigenvalue weighted by molar-refractivity contribution is 0.454. The lowest BCUT2D eigenvalue weighted by atomic mass is 10.3. The zero-order valence-electron chi connectivity index (χ0n) is 8.30. The van der Waals surface area contributed by atoms with Crippen LogP contribution in [-0.4, -0.2) is 9.97 Å². The van der Waals surface area contributed by atoms with Gasteiger partial charge in [0.25, 0.3) is 5.22 Å². The van der Waals surface area contributed by atoms with Crippen LogP contribution in [0.15, 0.2) is 39.1 Å². The van der Waals surface area contributed by atoms with Gasteiger partial charge in [0.15, 0.2) is 0 Å². The lowest BCUT2D eigenvalue weighted by Crippen LogP contribution is -1.98. The summed E-state index contributed by atoms with van der Waals surface area (Å²) in [5.74, 6) is 0. The van der Waals surface area contributed by atoms with E-state index in [-0.39, 0.29) is 0 Å². The molecule has 0 radical (unpaired) electrons. The molecule has 0 amide bonds. The summed E-state index contributed by atoms with van der Waals surface area (Å²) < 4.78 is 5.24. The number of nitrogens with two attached hydrogens (primary N) is 1. The number of nitrogens with zero attached hydrogens (tertiary/aromatic N) is 2. The third kappa shape index (κ3) is 2.57. The molecule has 0 aromatic carbocycles. The van der Waals surface area contributed by atoms with Gasteiger partial charge in [-0.3, -0.25) is 4.98 Å². The summed E-state index contributed by atoms with van der Waals surface area (Å²) in [5.41, 5.74) is 7.25. The monoisotopic (exact) mass is 221 g/mol. The lowest BCUT2D eigenvalue weighted by Gasteiger charge is -1.99. The van der Waals surface area contributed by atoms with Gasteiger partial charge in [0.1, 0.15) is 6.26 Å². The number of oxazole rings is 1. The van der Waals surface area contributed by atoms with Crippen molar-refractivity contribution >= 4 is 11.8 Å². The van der Waals surface area contributed by atoms with Crippen LogP contribution in [0.25, 0.3) is 0 Å². The molecule has 15 heavy (non-hydrogen) atoms. The van der Waals surface area contributed by atoms with E-state index in [0.29, 0.717) is 11.8 Å². The van der Waals surface area contributed by atoms with E-state index in [2.05, 4.69) is 9.97 Å². The second-order valence-electron chi connectivity index (χ2n) is 3.04. The van der Waals surface area contributed by atoms with Gasteiger partial charge < -0.3 is 10.2 Å². The van der Waals surface area contributed by atoms with Crippen LogP contribution in [0.1, 0.15) is 11.4 Å². The van der Waals surface area contributed by atoms with E-state index in [9.17, 15) is 0 Å². The highest BCUT2D eigenvalue weighted by Crippen LogP contribution is 2.26. The van der Waals surface area contributed by atoms with Crippen LogP contribution in [0.4, 0.5) is 0 Å². The highest BCUT2D eigenvalue weighted by atomic mass is 32.2. The van der Waals surface area contributed by atoms with Gasteiger partial charge in [-0.1, -0.05) is 0 Å². The molecule has 0 fully saturated rings. The largest absolute Gasteiger partial charge is 0.439 e. The van der Waals surface area contributed by atoms with E-state index in [1.807, 2.05) is 19.1 Å². The Morgan fingerprint density at radius 2 is 2.40 bits per heavy atom. The van der Waals surface area contributed by atoms with Gasteiger partial charge >= 0.3 is 0 Å². The van der Waals surface area contributed by atoms with E-state index < -0.39 is 0 Å². The molecule has 0 bridgehead atoms. The fraction of sp³-hybridized carbons (Fsp3) is 0.200. The number of hydrogen-bond donors (Lipinski definition) is 1. The van der Waals surface area contributed by atoms with Crippen molar-refractivity contribution < 1.29 is 4.42 Å². The van der Waals surface area contributed by atoms with Gasteiger partial charge in [0, 0.05) is 17.6 Å². The van der Waals surface area contributed by atoms with Crippen molar-refractivity contribution in [3.63, 3.8) is 0 Å². The van der Waals surface area contributed by atoms with Gasteiger partial charge in [-0.15, -0.1) is 0 Å².